The number of ether oxygens (including phenoxy) is 1. The monoisotopic (exact) mass is 342 g/mol. The van der Waals surface area contributed by atoms with Crippen LogP contribution in [0.15, 0.2) is 28.7 Å². The Morgan fingerprint density at radius 2 is 2.12 bits per heavy atom. The lowest BCUT2D eigenvalue weighted by Gasteiger charge is -2.17. The van der Waals surface area contributed by atoms with Crippen LogP contribution in [0.3, 0.4) is 0 Å². The van der Waals surface area contributed by atoms with Gasteiger partial charge in [0.1, 0.15) is 11.6 Å². The number of aromatic nitrogens is 2. The van der Waals surface area contributed by atoms with Gasteiger partial charge in [0.2, 0.25) is 0 Å². The highest BCUT2D eigenvalue weighted by Gasteiger charge is 2.18. The number of anilines is 1. The first-order chi connectivity index (χ1) is 11.9. The van der Waals surface area contributed by atoms with Gasteiger partial charge in [-0.15, -0.1) is 0 Å². The summed E-state index contributed by atoms with van der Waals surface area (Å²) in [4.78, 5) is 2.09. The minimum absolute atomic E-state index is 0.0757. The number of aryl methyl sites for hydroxylation is 2. The van der Waals surface area contributed by atoms with Gasteiger partial charge in [-0.3, -0.25) is 4.68 Å². The van der Waals surface area contributed by atoms with Crippen LogP contribution in [0.1, 0.15) is 30.0 Å². The summed E-state index contributed by atoms with van der Waals surface area (Å²) in [6.45, 7) is 4.87. The van der Waals surface area contributed by atoms with Crippen LogP contribution in [0.5, 0.6) is 5.75 Å². The fourth-order valence-electron chi connectivity index (χ4n) is 3.24. The second-order valence-corrected chi connectivity index (χ2v) is 6.54. The molecule has 6 heteroatoms. The number of hydrogen-bond donors (Lipinski definition) is 1. The molecule has 0 saturated carbocycles. The van der Waals surface area contributed by atoms with Crippen molar-refractivity contribution in [2.45, 2.75) is 26.4 Å². The molecule has 0 unspecified atom stereocenters. The number of methoxy groups -OCH3 is 1. The van der Waals surface area contributed by atoms with Crippen molar-refractivity contribution in [2.75, 3.05) is 26.1 Å². The van der Waals surface area contributed by atoms with Crippen LogP contribution in [-0.2, 0) is 13.6 Å². The van der Waals surface area contributed by atoms with Crippen molar-refractivity contribution >= 4 is 16.8 Å². The molecule has 25 heavy (non-hydrogen) atoms. The van der Waals surface area contributed by atoms with Crippen LogP contribution < -0.4 is 15.0 Å². The van der Waals surface area contributed by atoms with E-state index in [9.17, 15) is 0 Å². The maximum Gasteiger partial charge on any atom is 0.176 e. The topological polar surface area (TPSA) is 55.5 Å². The lowest BCUT2D eigenvalue weighted by molar-refractivity contribution is 0.399. The van der Waals surface area contributed by atoms with Crippen LogP contribution >= 0.6 is 0 Å². The minimum atomic E-state index is 0.0757. The molecule has 0 saturated heterocycles. The normalized spacial score (nSPS) is 12.6. The molecule has 1 aromatic carbocycles. The minimum Gasteiger partial charge on any atom is -0.493 e. The highest BCUT2D eigenvalue weighted by atomic mass is 16.5. The van der Waals surface area contributed by atoms with Crippen LogP contribution in [-0.4, -0.2) is 31.0 Å². The second-order valence-electron chi connectivity index (χ2n) is 6.54. The lowest BCUT2D eigenvalue weighted by Crippen LogP contribution is -2.21. The Bertz CT molecular complexity index is 879. The van der Waals surface area contributed by atoms with Crippen LogP contribution in [0, 0.1) is 6.92 Å². The van der Waals surface area contributed by atoms with Gasteiger partial charge in [-0.25, -0.2) is 0 Å². The number of rotatable bonds is 6. The highest BCUT2D eigenvalue weighted by molar-refractivity contribution is 5.83. The third-order valence-electron chi connectivity index (χ3n) is 4.50. The Hall–Kier alpha value is -2.47. The second kappa shape index (κ2) is 6.80. The van der Waals surface area contributed by atoms with Crippen LogP contribution in [0.2, 0.25) is 0 Å². The van der Waals surface area contributed by atoms with Crippen molar-refractivity contribution in [3.05, 3.63) is 41.3 Å². The van der Waals surface area contributed by atoms with E-state index >= 15 is 0 Å². The summed E-state index contributed by atoms with van der Waals surface area (Å²) in [7, 11) is 7.71. The number of hydrogen-bond acceptors (Lipinski definition) is 5. The standard InChI is InChI=1S/C19H26N4O2/c1-12-15(19(22(3)4)23(5)21-12)11-20-13(2)17-10-14-8-7-9-16(24-6)18(14)25-17/h7-10,13,20H,11H2,1-6H3/t13-/m0/s1. The summed E-state index contributed by atoms with van der Waals surface area (Å²) < 4.78 is 13.3. The van der Waals surface area contributed by atoms with E-state index in [4.69, 9.17) is 9.15 Å². The number of furan rings is 1. The molecule has 0 spiro atoms. The fourth-order valence-corrected chi connectivity index (χ4v) is 3.24. The third kappa shape index (κ3) is 3.22. The first-order valence-electron chi connectivity index (χ1n) is 8.42. The molecule has 3 rings (SSSR count). The highest BCUT2D eigenvalue weighted by Crippen LogP contribution is 2.31. The number of nitrogens with zero attached hydrogens (tertiary/aromatic N) is 3. The van der Waals surface area contributed by atoms with E-state index in [2.05, 4.69) is 28.3 Å². The predicted octanol–water partition coefficient (Wildman–Crippen LogP) is 3.40. The van der Waals surface area contributed by atoms with Crippen molar-refractivity contribution < 1.29 is 9.15 Å². The van der Waals surface area contributed by atoms with Crippen molar-refractivity contribution in [3.8, 4) is 5.75 Å². The smallest absolute Gasteiger partial charge is 0.176 e. The van der Waals surface area contributed by atoms with Crippen LogP contribution in [0.4, 0.5) is 5.82 Å². The summed E-state index contributed by atoms with van der Waals surface area (Å²) in [5, 5.41) is 9.13. The Balaban J connectivity index is 1.81. The average molecular weight is 342 g/mol. The first kappa shape index (κ1) is 17.4. The van der Waals surface area contributed by atoms with Gasteiger partial charge in [0.15, 0.2) is 11.3 Å². The maximum absolute atomic E-state index is 6.03. The molecule has 0 bridgehead atoms. The molecule has 0 amide bonds. The fraction of sp³-hybridized carbons (Fsp3) is 0.421. The summed E-state index contributed by atoms with van der Waals surface area (Å²) in [5.74, 6) is 2.77. The molecular weight excluding hydrogens is 316 g/mol. The summed E-state index contributed by atoms with van der Waals surface area (Å²) in [6.07, 6.45) is 0. The van der Waals surface area contributed by atoms with E-state index in [-0.39, 0.29) is 6.04 Å². The Morgan fingerprint density at radius 1 is 1.36 bits per heavy atom. The molecular formula is C19H26N4O2. The van der Waals surface area contributed by atoms with E-state index in [1.165, 1.54) is 5.56 Å². The van der Waals surface area contributed by atoms with Gasteiger partial charge in [-0.2, -0.15) is 5.10 Å². The average Bonchev–Trinajstić information content (AvgIpc) is 3.12. The van der Waals surface area contributed by atoms with Gasteiger partial charge < -0.3 is 19.4 Å². The molecule has 1 N–H and O–H groups in total. The van der Waals surface area contributed by atoms with Gasteiger partial charge in [0.05, 0.1) is 18.8 Å². The number of fused-ring (bicyclic) bond motifs is 1. The van der Waals surface area contributed by atoms with E-state index < -0.39 is 0 Å². The molecule has 0 aliphatic heterocycles. The number of para-hydroxylation sites is 1. The molecule has 0 fully saturated rings. The number of nitrogens with one attached hydrogen (secondary N) is 1. The third-order valence-corrected chi connectivity index (χ3v) is 4.50. The van der Waals surface area contributed by atoms with Gasteiger partial charge in [0, 0.05) is 38.6 Å². The zero-order valence-electron chi connectivity index (χ0n) is 15.8. The summed E-state index contributed by atoms with van der Waals surface area (Å²) in [5.41, 5.74) is 3.03. The molecule has 0 aliphatic rings. The van der Waals surface area contributed by atoms with E-state index in [0.717, 1.165) is 40.5 Å². The van der Waals surface area contributed by atoms with E-state index in [1.807, 2.05) is 50.9 Å². The van der Waals surface area contributed by atoms with Crippen molar-refractivity contribution in [2.24, 2.45) is 7.05 Å². The van der Waals surface area contributed by atoms with Gasteiger partial charge in [-0.1, -0.05) is 12.1 Å². The van der Waals surface area contributed by atoms with E-state index in [0.29, 0.717) is 0 Å². The SMILES string of the molecule is COc1cccc2cc([C@H](C)NCc3c(C)nn(C)c3N(C)C)oc12. The largest absolute Gasteiger partial charge is 0.493 e. The van der Waals surface area contributed by atoms with Gasteiger partial charge in [0.25, 0.3) is 0 Å². The molecule has 1 atom stereocenters. The zero-order chi connectivity index (χ0) is 18.1. The molecule has 3 aromatic rings. The number of benzene rings is 1. The molecule has 6 nitrogen and oxygen atoms in total. The molecule has 2 aromatic heterocycles. The van der Waals surface area contributed by atoms with Crippen LogP contribution in [0.25, 0.3) is 11.0 Å². The quantitative estimate of drug-likeness (QED) is 0.744. The van der Waals surface area contributed by atoms with Crippen molar-refractivity contribution in [1.29, 1.82) is 0 Å². The summed E-state index contributed by atoms with van der Waals surface area (Å²) >= 11 is 0. The molecule has 0 radical (unpaired) electrons. The van der Waals surface area contributed by atoms with Crippen molar-refractivity contribution in [3.63, 3.8) is 0 Å². The lowest BCUT2D eigenvalue weighted by atomic mass is 10.2. The summed E-state index contributed by atoms with van der Waals surface area (Å²) in [6, 6.07) is 8.06. The van der Waals surface area contributed by atoms with Gasteiger partial charge in [-0.05, 0) is 26.0 Å². The maximum atomic E-state index is 6.03. The molecule has 134 valence electrons. The van der Waals surface area contributed by atoms with Gasteiger partial charge >= 0.3 is 0 Å². The Morgan fingerprint density at radius 3 is 2.80 bits per heavy atom. The Kier molecular flexibility index (Phi) is 4.72. The first-order valence-corrected chi connectivity index (χ1v) is 8.42. The zero-order valence-corrected chi connectivity index (χ0v) is 15.8. The predicted molar refractivity (Wildman–Crippen MR) is 100 cm³/mol. The Labute approximate surface area is 148 Å². The molecule has 0 aliphatic carbocycles. The van der Waals surface area contributed by atoms with E-state index in [1.54, 1.807) is 7.11 Å². The van der Waals surface area contributed by atoms with Crippen molar-refractivity contribution in [1.82, 2.24) is 15.1 Å². The molecule has 2 heterocycles.